The van der Waals surface area contributed by atoms with Gasteiger partial charge in [0.25, 0.3) is 5.91 Å². The molecule has 0 spiro atoms. The van der Waals surface area contributed by atoms with Gasteiger partial charge in [-0.05, 0) is 37.3 Å². The number of rotatable bonds is 3. The molecule has 0 aliphatic carbocycles. The summed E-state index contributed by atoms with van der Waals surface area (Å²) in [7, 11) is -0.445. The van der Waals surface area contributed by atoms with Crippen molar-refractivity contribution in [2.24, 2.45) is 14.1 Å². The van der Waals surface area contributed by atoms with Crippen molar-refractivity contribution in [3.05, 3.63) is 64.1 Å². The molecule has 1 saturated heterocycles. The molecule has 3 aromatic rings. The average Bonchev–Trinajstić information content (AvgIpc) is 2.97. The minimum Gasteiger partial charge on any atom is -0.336 e. The molecule has 0 unspecified atom stereocenters. The highest BCUT2D eigenvalue weighted by Crippen LogP contribution is 2.22. The zero-order chi connectivity index (χ0) is 21.6. The van der Waals surface area contributed by atoms with E-state index in [1.54, 1.807) is 37.2 Å². The Kier molecular flexibility index (Phi) is 5.03. The number of sulfonamides is 1. The van der Waals surface area contributed by atoms with Crippen molar-refractivity contribution < 1.29 is 13.2 Å². The summed E-state index contributed by atoms with van der Waals surface area (Å²) in [5.74, 6) is -0.0900. The SMILES string of the molecule is Cc1ccc(C(=O)N2CCN(S(=O)(=O)c3ccc4c(c3)n(C)c(=O)n4C)CC2)cc1. The van der Waals surface area contributed by atoms with Gasteiger partial charge in [-0.25, -0.2) is 13.2 Å². The van der Waals surface area contributed by atoms with Crippen LogP contribution in [0.4, 0.5) is 0 Å². The predicted octanol–water partition coefficient (Wildman–Crippen LogP) is 1.33. The van der Waals surface area contributed by atoms with E-state index in [1.165, 1.54) is 25.6 Å². The van der Waals surface area contributed by atoms with Crippen LogP contribution in [-0.4, -0.2) is 58.8 Å². The van der Waals surface area contributed by atoms with Crippen LogP contribution < -0.4 is 5.69 Å². The summed E-state index contributed by atoms with van der Waals surface area (Å²) in [6.45, 7) is 3.08. The summed E-state index contributed by atoms with van der Waals surface area (Å²) in [5, 5.41) is 0. The second-order valence-electron chi connectivity index (χ2n) is 7.61. The van der Waals surface area contributed by atoms with Crippen LogP contribution in [0.3, 0.4) is 0 Å². The lowest BCUT2D eigenvalue weighted by atomic mass is 10.1. The summed E-state index contributed by atoms with van der Waals surface area (Å²) < 4.78 is 30.6. The third-order valence-electron chi connectivity index (χ3n) is 5.71. The molecule has 9 heteroatoms. The van der Waals surface area contributed by atoms with E-state index in [1.807, 2.05) is 19.1 Å². The number of amides is 1. The number of piperazine rings is 1. The number of hydrogen-bond acceptors (Lipinski definition) is 4. The first kappa shape index (κ1) is 20.4. The Hall–Kier alpha value is -2.91. The first-order valence-corrected chi connectivity index (χ1v) is 11.2. The van der Waals surface area contributed by atoms with Gasteiger partial charge in [0, 0.05) is 45.8 Å². The number of aromatic nitrogens is 2. The molecule has 1 aliphatic heterocycles. The first-order chi connectivity index (χ1) is 14.2. The maximum atomic E-state index is 13.1. The zero-order valence-corrected chi connectivity index (χ0v) is 18.0. The summed E-state index contributed by atoms with van der Waals surface area (Å²) in [6, 6.07) is 12.1. The molecule has 2 heterocycles. The maximum absolute atomic E-state index is 13.1. The summed E-state index contributed by atoms with van der Waals surface area (Å²) in [5.41, 5.74) is 2.72. The van der Waals surface area contributed by atoms with Gasteiger partial charge in [-0.1, -0.05) is 17.7 Å². The van der Waals surface area contributed by atoms with Crippen molar-refractivity contribution in [2.75, 3.05) is 26.2 Å². The van der Waals surface area contributed by atoms with Gasteiger partial charge in [-0.15, -0.1) is 0 Å². The van der Waals surface area contributed by atoms with Crippen molar-refractivity contribution in [2.45, 2.75) is 11.8 Å². The van der Waals surface area contributed by atoms with Crippen LogP contribution >= 0.6 is 0 Å². The quantitative estimate of drug-likeness (QED) is 0.630. The van der Waals surface area contributed by atoms with Crippen molar-refractivity contribution in [3.8, 4) is 0 Å². The topological polar surface area (TPSA) is 84.6 Å². The number of benzene rings is 2. The first-order valence-electron chi connectivity index (χ1n) is 9.72. The van der Waals surface area contributed by atoms with Gasteiger partial charge in [-0.2, -0.15) is 4.31 Å². The van der Waals surface area contributed by atoms with Gasteiger partial charge in [0.15, 0.2) is 0 Å². The molecule has 1 aliphatic rings. The lowest BCUT2D eigenvalue weighted by molar-refractivity contribution is 0.0698. The molecule has 2 aromatic carbocycles. The number of aryl methyl sites for hydroxylation is 3. The lowest BCUT2D eigenvalue weighted by Gasteiger charge is -2.34. The van der Waals surface area contributed by atoms with E-state index in [0.29, 0.717) is 29.7 Å². The minimum absolute atomic E-state index is 0.0900. The van der Waals surface area contributed by atoms with E-state index in [0.717, 1.165) is 5.56 Å². The van der Waals surface area contributed by atoms with Crippen LogP contribution in [0, 0.1) is 6.92 Å². The summed E-state index contributed by atoms with van der Waals surface area (Å²) >= 11 is 0. The molecule has 1 amide bonds. The van der Waals surface area contributed by atoms with Gasteiger partial charge in [0.1, 0.15) is 0 Å². The van der Waals surface area contributed by atoms with Crippen molar-refractivity contribution in [1.82, 2.24) is 18.3 Å². The van der Waals surface area contributed by atoms with E-state index in [-0.39, 0.29) is 29.6 Å². The molecule has 0 radical (unpaired) electrons. The fourth-order valence-electron chi connectivity index (χ4n) is 3.81. The van der Waals surface area contributed by atoms with Crippen LogP contribution in [0.15, 0.2) is 52.2 Å². The van der Waals surface area contributed by atoms with Crippen LogP contribution in [0.1, 0.15) is 15.9 Å². The third kappa shape index (κ3) is 3.33. The highest BCUT2D eigenvalue weighted by atomic mass is 32.2. The molecular formula is C21H24N4O4S. The second kappa shape index (κ2) is 7.41. The fourth-order valence-corrected chi connectivity index (χ4v) is 5.25. The van der Waals surface area contributed by atoms with Crippen molar-refractivity contribution in [3.63, 3.8) is 0 Å². The molecule has 1 aromatic heterocycles. The van der Waals surface area contributed by atoms with Gasteiger partial charge >= 0.3 is 5.69 Å². The van der Waals surface area contributed by atoms with E-state index in [9.17, 15) is 18.0 Å². The van der Waals surface area contributed by atoms with Gasteiger partial charge < -0.3 is 4.90 Å². The predicted molar refractivity (Wildman–Crippen MR) is 114 cm³/mol. The molecule has 1 fully saturated rings. The molecule has 158 valence electrons. The Morgan fingerprint density at radius 1 is 0.867 bits per heavy atom. The molecular weight excluding hydrogens is 404 g/mol. The molecule has 30 heavy (non-hydrogen) atoms. The maximum Gasteiger partial charge on any atom is 0.328 e. The second-order valence-corrected chi connectivity index (χ2v) is 9.55. The van der Waals surface area contributed by atoms with Gasteiger partial charge in [0.2, 0.25) is 10.0 Å². The zero-order valence-electron chi connectivity index (χ0n) is 17.2. The molecule has 0 saturated carbocycles. The van der Waals surface area contributed by atoms with Crippen molar-refractivity contribution in [1.29, 1.82) is 0 Å². The summed E-state index contributed by atoms with van der Waals surface area (Å²) in [4.78, 5) is 26.6. The number of carbonyl (C=O) groups is 1. The van der Waals surface area contributed by atoms with Crippen LogP contribution in [0.2, 0.25) is 0 Å². The van der Waals surface area contributed by atoms with Crippen LogP contribution in [0.25, 0.3) is 11.0 Å². The Morgan fingerprint density at radius 3 is 2.10 bits per heavy atom. The molecule has 0 bridgehead atoms. The van der Waals surface area contributed by atoms with Crippen LogP contribution in [-0.2, 0) is 24.1 Å². The molecule has 8 nitrogen and oxygen atoms in total. The standard InChI is InChI=1S/C21H24N4O4S/c1-15-4-6-16(7-5-15)20(26)24-10-12-25(13-11-24)30(28,29)17-8-9-18-19(14-17)23(3)21(27)22(18)2/h4-9,14H,10-13H2,1-3H3. The molecule has 0 N–H and O–H groups in total. The summed E-state index contributed by atoms with van der Waals surface area (Å²) in [6.07, 6.45) is 0. The Balaban J connectivity index is 1.53. The lowest BCUT2D eigenvalue weighted by Crippen LogP contribution is -2.50. The molecule has 0 atom stereocenters. The Labute approximate surface area is 175 Å². The number of hydrogen-bond donors (Lipinski definition) is 0. The third-order valence-corrected chi connectivity index (χ3v) is 7.60. The Morgan fingerprint density at radius 2 is 1.47 bits per heavy atom. The normalized spacial score (nSPS) is 15.6. The van der Waals surface area contributed by atoms with Crippen LogP contribution in [0.5, 0.6) is 0 Å². The van der Waals surface area contributed by atoms with E-state index in [4.69, 9.17) is 0 Å². The number of nitrogens with zero attached hydrogens (tertiary/aromatic N) is 4. The number of fused-ring (bicyclic) bond motifs is 1. The largest absolute Gasteiger partial charge is 0.336 e. The van der Waals surface area contributed by atoms with E-state index < -0.39 is 10.0 Å². The van der Waals surface area contributed by atoms with Gasteiger partial charge in [-0.3, -0.25) is 13.9 Å². The minimum atomic E-state index is -3.72. The average molecular weight is 429 g/mol. The van der Waals surface area contributed by atoms with E-state index >= 15 is 0 Å². The Bertz CT molecular complexity index is 1280. The van der Waals surface area contributed by atoms with Gasteiger partial charge in [0.05, 0.1) is 15.9 Å². The fraction of sp³-hybridized carbons (Fsp3) is 0.333. The highest BCUT2D eigenvalue weighted by Gasteiger charge is 2.31. The molecule has 4 rings (SSSR count). The number of imidazole rings is 1. The monoisotopic (exact) mass is 428 g/mol. The smallest absolute Gasteiger partial charge is 0.328 e. The van der Waals surface area contributed by atoms with Crippen molar-refractivity contribution >= 4 is 27.0 Å². The van der Waals surface area contributed by atoms with E-state index in [2.05, 4.69) is 0 Å². The number of carbonyl (C=O) groups excluding carboxylic acids is 1. The highest BCUT2D eigenvalue weighted by molar-refractivity contribution is 7.89.